The van der Waals surface area contributed by atoms with E-state index >= 15 is 0 Å². The smallest absolute Gasteiger partial charge is 0.243 e. The molecule has 2 heterocycles. The molecule has 6 aliphatic rings. The fourth-order valence-corrected chi connectivity index (χ4v) is 7.87. The maximum atomic E-state index is 12.9. The van der Waals surface area contributed by atoms with Crippen LogP contribution >= 0.6 is 11.8 Å². The highest BCUT2D eigenvalue weighted by Crippen LogP contribution is 2.54. The lowest BCUT2D eigenvalue weighted by atomic mass is 9.54. The third-order valence-corrected chi connectivity index (χ3v) is 8.79. The van der Waals surface area contributed by atoms with Crippen molar-refractivity contribution in [3.05, 3.63) is 0 Å². The first kappa shape index (κ1) is 14.6. The minimum Gasteiger partial charge on any atom is -0.351 e. The van der Waals surface area contributed by atoms with Crippen LogP contribution in [-0.4, -0.2) is 39.4 Å². The van der Waals surface area contributed by atoms with Gasteiger partial charge in [0.25, 0.3) is 0 Å². The minimum atomic E-state index is -0.239. The molecular weight excluding hydrogens is 308 g/mol. The number of amides is 2. The summed E-state index contributed by atoms with van der Waals surface area (Å²) in [4.78, 5) is 27.0. The van der Waals surface area contributed by atoms with Gasteiger partial charge in [0.15, 0.2) is 0 Å². The molecule has 0 spiro atoms. The lowest BCUT2D eigenvalue weighted by Gasteiger charge is -2.54. The highest BCUT2D eigenvalue weighted by molar-refractivity contribution is 8.01. The average molecular weight is 334 g/mol. The minimum absolute atomic E-state index is 0.119. The molecule has 4 bridgehead atoms. The van der Waals surface area contributed by atoms with E-state index in [9.17, 15) is 9.59 Å². The zero-order chi connectivity index (χ0) is 15.8. The summed E-state index contributed by atoms with van der Waals surface area (Å²) in [6, 6.07) is 0.141. The molecule has 4 saturated carbocycles. The highest BCUT2D eigenvalue weighted by atomic mass is 32.2. The molecule has 6 fully saturated rings. The molecule has 0 aromatic carbocycles. The quantitative estimate of drug-likeness (QED) is 0.843. The molecule has 5 heteroatoms. The summed E-state index contributed by atoms with van der Waals surface area (Å²) in [5, 5.41) is 3.41. The van der Waals surface area contributed by atoms with Crippen LogP contribution in [0.4, 0.5) is 0 Å². The number of carbonyl (C=O) groups is 2. The number of fused-ring (bicyclic) bond motifs is 1. The van der Waals surface area contributed by atoms with Gasteiger partial charge in [0.1, 0.15) is 6.04 Å². The predicted octanol–water partition coefficient (Wildman–Crippen LogP) is 2.38. The molecule has 2 saturated heterocycles. The van der Waals surface area contributed by atoms with Crippen LogP contribution in [0.5, 0.6) is 0 Å². The van der Waals surface area contributed by atoms with E-state index in [1.54, 1.807) is 11.8 Å². The van der Waals surface area contributed by atoms with Gasteiger partial charge in [0.2, 0.25) is 11.8 Å². The van der Waals surface area contributed by atoms with E-state index in [2.05, 4.69) is 12.2 Å². The summed E-state index contributed by atoms with van der Waals surface area (Å²) >= 11 is 1.79. The van der Waals surface area contributed by atoms with Crippen LogP contribution in [0.2, 0.25) is 0 Å². The fraction of sp³-hybridized carbons (Fsp3) is 0.889. The summed E-state index contributed by atoms with van der Waals surface area (Å²) in [5.41, 5.74) is 0. The van der Waals surface area contributed by atoms with E-state index in [1.165, 1.54) is 32.1 Å². The Bertz CT molecular complexity index is 537. The summed E-state index contributed by atoms with van der Waals surface area (Å²) in [6.45, 7) is 2.12. The van der Waals surface area contributed by atoms with Crippen molar-refractivity contribution in [2.24, 2.45) is 23.7 Å². The molecule has 1 N–H and O–H groups in total. The zero-order valence-electron chi connectivity index (χ0n) is 13.8. The maximum absolute atomic E-state index is 12.9. The van der Waals surface area contributed by atoms with E-state index in [0.717, 1.165) is 24.0 Å². The molecule has 0 radical (unpaired) electrons. The average Bonchev–Trinajstić information content (AvgIpc) is 2.99. The fourth-order valence-electron chi connectivity index (χ4n) is 6.44. The molecule has 2 atom stereocenters. The Kier molecular flexibility index (Phi) is 3.11. The van der Waals surface area contributed by atoms with Crippen LogP contribution in [0.1, 0.15) is 51.9 Å². The van der Waals surface area contributed by atoms with E-state index in [-0.39, 0.29) is 22.7 Å². The third kappa shape index (κ3) is 2.11. The third-order valence-electron chi connectivity index (χ3n) is 7.28. The number of nitrogens with zero attached hydrogens (tertiary/aromatic N) is 1. The van der Waals surface area contributed by atoms with Crippen LogP contribution in [0.25, 0.3) is 0 Å². The molecule has 23 heavy (non-hydrogen) atoms. The van der Waals surface area contributed by atoms with E-state index < -0.39 is 0 Å². The summed E-state index contributed by atoms with van der Waals surface area (Å²) in [5.74, 6) is 4.31. The number of rotatable bonds is 2. The topological polar surface area (TPSA) is 49.4 Å². The van der Waals surface area contributed by atoms with Crippen molar-refractivity contribution in [2.75, 3.05) is 5.75 Å². The van der Waals surface area contributed by atoms with Crippen molar-refractivity contribution < 1.29 is 9.59 Å². The molecule has 4 nitrogen and oxygen atoms in total. The Labute approximate surface area is 142 Å². The van der Waals surface area contributed by atoms with Gasteiger partial charge in [-0.3, -0.25) is 9.59 Å². The van der Waals surface area contributed by atoms with E-state index in [1.807, 2.05) is 4.90 Å². The van der Waals surface area contributed by atoms with E-state index in [4.69, 9.17) is 0 Å². The monoisotopic (exact) mass is 334 g/mol. The molecule has 126 valence electrons. The second-order valence-electron chi connectivity index (χ2n) is 8.73. The molecule has 2 amide bonds. The highest BCUT2D eigenvalue weighted by Gasteiger charge is 2.54. The van der Waals surface area contributed by atoms with Crippen molar-refractivity contribution in [1.82, 2.24) is 10.2 Å². The van der Waals surface area contributed by atoms with Gasteiger partial charge < -0.3 is 10.2 Å². The Hall–Kier alpha value is -0.710. The second kappa shape index (κ2) is 4.90. The lowest BCUT2D eigenvalue weighted by Crippen LogP contribution is -2.59. The molecular formula is C18H26N2O2S. The van der Waals surface area contributed by atoms with Gasteiger partial charge in [-0.05, 0) is 69.1 Å². The molecule has 4 aliphatic carbocycles. The number of carbonyl (C=O) groups excluding carboxylic acids is 2. The van der Waals surface area contributed by atoms with Crippen molar-refractivity contribution in [2.45, 2.75) is 68.8 Å². The van der Waals surface area contributed by atoms with Crippen LogP contribution < -0.4 is 5.32 Å². The molecule has 0 aromatic rings. The second-order valence-corrected chi connectivity index (χ2v) is 10.2. The number of hydrogen-bond acceptors (Lipinski definition) is 3. The van der Waals surface area contributed by atoms with Gasteiger partial charge in [-0.2, -0.15) is 0 Å². The van der Waals surface area contributed by atoms with Crippen molar-refractivity contribution in [3.63, 3.8) is 0 Å². The van der Waals surface area contributed by atoms with Crippen LogP contribution in [0.3, 0.4) is 0 Å². The van der Waals surface area contributed by atoms with Crippen molar-refractivity contribution in [1.29, 1.82) is 0 Å². The SMILES string of the molecule is C[C@@]12CCC(=O)N1[C@@H](C(=O)NC1C3CC4CC(C3)CC1C4)CS2. The zero-order valence-corrected chi connectivity index (χ0v) is 14.6. The first-order valence-corrected chi connectivity index (χ1v) is 10.3. The number of nitrogens with one attached hydrogen (secondary N) is 1. The van der Waals surface area contributed by atoms with Gasteiger partial charge in [0, 0.05) is 18.2 Å². The largest absolute Gasteiger partial charge is 0.351 e. The number of thioether (sulfide) groups is 1. The van der Waals surface area contributed by atoms with Crippen LogP contribution in [0.15, 0.2) is 0 Å². The first-order chi connectivity index (χ1) is 11.0. The predicted molar refractivity (Wildman–Crippen MR) is 89.7 cm³/mol. The molecule has 0 aromatic heterocycles. The Morgan fingerprint density at radius 3 is 2.48 bits per heavy atom. The molecule has 2 aliphatic heterocycles. The van der Waals surface area contributed by atoms with Gasteiger partial charge >= 0.3 is 0 Å². The summed E-state index contributed by atoms with van der Waals surface area (Å²) < 4.78 is 0. The summed E-state index contributed by atoms with van der Waals surface area (Å²) in [7, 11) is 0. The van der Waals surface area contributed by atoms with Crippen LogP contribution in [0, 0.1) is 23.7 Å². The van der Waals surface area contributed by atoms with Gasteiger partial charge in [-0.1, -0.05) is 0 Å². The number of hydrogen-bond donors (Lipinski definition) is 1. The maximum Gasteiger partial charge on any atom is 0.243 e. The Morgan fingerprint density at radius 1 is 1.17 bits per heavy atom. The van der Waals surface area contributed by atoms with Crippen molar-refractivity contribution >= 4 is 23.6 Å². The van der Waals surface area contributed by atoms with Crippen LogP contribution in [-0.2, 0) is 9.59 Å². The Morgan fingerprint density at radius 2 is 1.83 bits per heavy atom. The van der Waals surface area contributed by atoms with Gasteiger partial charge in [0.05, 0.1) is 4.87 Å². The lowest BCUT2D eigenvalue weighted by molar-refractivity contribution is -0.139. The molecule has 6 rings (SSSR count). The van der Waals surface area contributed by atoms with Gasteiger partial charge in [-0.15, -0.1) is 11.8 Å². The molecule has 0 unspecified atom stereocenters. The first-order valence-electron chi connectivity index (χ1n) is 9.30. The van der Waals surface area contributed by atoms with Crippen molar-refractivity contribution in [3.8, 4) is 0 Å². The van der Waals surface area contributed by atoms with Gasteiger partial charge in [-0.25, -0.2) is 0 Å². The standard InChI is InChI=1S/C18H26N2O2S/c1-18-3-2-15(21)20(18)14(9-23-18)17(22)19-16-12-5-10-4-11(7-12)8-13(16)6-10/h10-14,16H,2-9H2,1H3,(H,19,22)/t10?,11?,12?,13?,14-,16?,18-/m1/s1. The summed E-state index contributed by atoms with van der Waals surface area (Å²) in [6.07, 6.45) is 8.20. The van der Waals surface area contributed by atoms with E-state index in [0.29, 0.717) is 24.3 Å². The Balaban J connectivity index is 1.32. The normalized spacial score (nSPS) is 50.5.